The van der Waals surface area contributed by atoms with E-state index in [1.54, 1.807) is 7.05 Å². The molecule has 2 aromatic rings. The lowest BCUT2D eigenvalue weighted by atomic mass is 10.0. The number of hydrogen-bond acceptors (Lipinski definition) is 6. The van der Waals surface area contributed by atoms with Gasteiger partial charge in [0, 0.05) is 32.7 Å². The summed E-state index contributed by atoms with van der Waals surface area (Å²) in [5.41, 5.74) is 0.604. The number of carbonyl (C=O) groups is 1. The van der Waals surface area contributed by atoms with Crippen LogP contribution in [0.15, 0.2) is 11.1 Å². The van der Waals surface area contributed by atoms with Gasteiger partial charge in [0.25, 0.3) is 11.5 Å². The van der Waals surface area contributed by atoms with Crippen molar-refractivity contribution in [1.29, 1.82) is 0 Å². The Morgan fingerprint density at radius 3 is 2.74 bits per heavy atom. The number of fused-ring (bicyclic) bond motifs is 1. The van der Waals surface area contributed by atoms with E-state index in [2.05, 4.69) is 29.0 Å². The van der Waals surface area contributed by atoms with E-state index in [4.69, 9.17) is 4.74 Å². The number of thiophene rings is 1. The summed E-state index contributed by atoms with van der Waals surface area (Å²) < 4.78 is 6.90. The molecule has 0 radical (unpaired) electrons. The third kappa shape index (κ3) is 4.39. The predicted octanol–water partition coefficient (Wildman–Crippen LogP) is 1.78. The van der Waals surface area contributed by atoms with Crippen molar-refractivity contribution in [3.8, 4) is 0 Å². The maximum Gasteiger partial charge on any atom is 0.262 e. The second kappa shape index (κ2) is 8.50. The van der Waals surface area contributed by atoms with Crippen LogP contribution in [-0.4, -0.2) is 59.2 Å². The molecule has 148 valence electrons. The van der Waals surface area contributed by atoms with E-state index in [0.717, 1.165) is 32.7 Å². The summed E-state index contributed by atoms with van der Waals surface area (Å²) in [4.78, 5) is 33.1. The minimum atomic E-state index is -0.125. The van der Waals surface area contributed by atoms with Gasteiger partial charge in [0.15, 0.2) is 0 Å². The SMILES string of the molecule is Cc1c(C(=O)NCC(CC(C)C)N2CCOCC2)sc2ncn(C)c(=O)c12. The van der Waals surface area contributed by atoms with E-state index in [1.807, 2.05) is 6.92 Å². The predicted molar refractivity (Wildman–Crippen MR) is 108 cm³/mol. The summed E-state index contributed by atoms with van der Waals surface area (Å²) in [6.45, 7) is 10.1. The van der Waals surface area contributed by atoms with Gasteiger partial charge in [-0.3, -0.25) is 14.5 Å². The number of amides is 1. The number of nitrogens with zero attached hydrogens (tertiary/aromatic N) is 3. The largest absolute Gasteiger partial charge is 0.379 e. The molecule has 2 aromatic heterocycles. The van der Waals surface area contributed by atoms with E-state index >= 15 is 0 Å². The summed E-state index contributed by atoms with van der Waals surface area (Å²) in [6.07, 6.45) is 2.52. The first-order valence-corrected chi connectivity index (χ1v) is 10.2. The van der Waals surface area contributed by atoms with Crippen molar-refractivity contribution in [2.45, 2.75) is 33.2 Å². The number of carbonyl (C=O) groups excluding carboxylic acids is 1. The molecule has 27 heavy (non-hydrogen) atoms. The molecule has 0 spiro atoms. The molecule has 0 bridgehead atoms. The van der Waals surface area contributed by atoms with Crippen molar-refractivity contribution in [1.82, 2.24) is 19.8 Å². The molecule has 0 aromatic carbocycles. The van der Waals surface area contributed by atoms with Crippen LogP contribution in [0.25, 0.3) is 10.2 Å². The summed E-state index contributed by atoms with van der Waals surface area (Å²) in [6, 6.07) is 0.290. The van der Waals surface area contributed by atoms with E-state index in [1.165, 1.54) is 22.2 Å². The van der Waals surface area contributed by atoms with Crippen LogP contribution in [0.1, 0.15) is 35.5 Å². The molecular formula is C19H28N4O3S. The quantitative estimate of drug-likeness (QED) is 0.811. The van der Waals surface area contributed by atoms with E-state index in [0.29, 0.717) is 39.2 Å². The van der Waals surface area contributed by atoms with Gasteiger partial charge in [-0.2, -0.15) is 0 Å². The first-order chi connectivity index (χ1) is 12.9. The number of aromatic nitrogens is 2. The average molecular weight is 393 g/mol. The van der Waals surface area contributed by atoms with Crippen LogP contribution in [-0.2, 0) is 11.8 Å². The Kier molecular flexibility index (Phi) is 6.29. The molecule has 1 aliphatic rings. The fourth-order valence-corrected chi connectivity index (χ4v) is 4.62. The van der Waals surface area contributed by atoms with Crippen molar-refractivity contribution < 1.29 is 9.53 Å². The molecular weight excluding hydrogens is 364 g/mol. The maximum absolute atomic E-state index is 12.8. The molecule has 0 saturated carbocycles. The van der Waals surface area contributed by atoms with E-state index in [-0.39, 0.29) is 11.5 Å². The van der Waals surface area contributed by atoms with Gasteiger partial charge in [0.05, 0.1) is 29.8 Å². The molecule has 1 saturated heterocycles. The highest BCUT2D eigenvalue weighted by molar-refractivity contribution is 7.20. The fraction of sp³-hybridized carbons (Fsp3) is 0.632. The summed E-state index contributed by atoms with van der Waals surface area (Å²) in [5.74, 6) is 0.424. The number of morpholine rings is 1. The van der Waals surface area contributed by atoms with Crippen LogP contribution in [0, 0.1) is 12.8 Å². The zero-order valence-electron chi connectivity index (χ0n) is 16.4. The second-order valence-electron chi connectivity index (χ2n) is 7.54. The molecule has 7 nitrogen and oxygen atoms in total. The van der Waals surface area contributed by atoms with E-state index < -0.39 is 0 Å². The highest BCUT2D eigenvalue weighted by Gasteiger charge is 2.24. The zero-order chi connectivity index (χ0) is 19.6. The minimum absolute atomic E-state index is 0.112. The first-order valence-electron chi connectivity index (χ1n) is 9.43. The third-order valence-corrected chi connectivity index (χ3v) is 6.22. The molecule has 1 atom stereocenters. The van der Waals surface area contributed by atoms with Crippen molar-refractivity contribution in [3.05, 3.63) is 27.1 Å². The van der Waals surface area contributed by atoms with Crippen LogP contribution in [0.4, 0.5) is 0 Å². The van der Waals surface area contributed by atoms with Crippen molar-refractivity contribution in [3.63, 3.8) is 0 Å². The highest BCUT2D eigenvalue weighted by Crippen LogP contribution is 2.26. The molecule has 1 fully saturated rings. The van der Waals surface area contributed by atoms with Gasteiger partial charge in [0.1, 0.15) is 4.83 Å². The Morgan fingerprint density at radius 2 is 2.07 bits per heavy atom. The Labute approximate surface area is 163 Å². The Balaban J connectivity index is 1.75. The summed E-state index contributed by atoms with van der Waals surface area (Å²) in [5, 5.41) is 3.63. The second-order valence-corrected chi connectivity index (χ2v) is 8.54. The van der Waals surface area contributed by atoms with Gasteiger partial charge in [-0.15, -0.1) is 11.3 Å². The number of ether oxygens (including phenoxy) is 1. The fourth-order valence-electron chi connectivity index (χ4n) is 3.56. The summed E-state index contributed by atoms with van der Waals surface area (Å²) in [7, 11) is 1.67. The lowest BCUT2D eigenvalue weighted by Crippen LogP contribution is -2.49. The monoisotopic (exact) mass is 392 g/mol. The molecule has 8 heteroatoms. The number of nitrogens with one attached hydrogen (secondary N) is 1. The molecule has 1 unspecified atom stereocenters. The highest BCUT2D eigenvalue weighted by atomic mass is 32.1. The maximum atomic E-state index is 12.8. The lowest BCUT2D eigenvalue weighted by molar-refractivity contribution is 0.0125. The van der Waals surface area contributed by atoms with Crippen LogP contribution in [0.3, 0.4) is 0 Å². The Morgan fingerprint density at radius 1 is 1.37 bits per heavy atom. The third-order valence-electron chi connectivity index (χ3n) is 5.02. The van der Waals surface area contributed by atoms with Crippen LogP contribution in [0.5, 0.6) is 0 Å². The lowest BCUT2D eigenvalue weighted by Gasteiger charge is -2.35. The zero-order valence-corrected chi connectivity index (χ0v) is 17.3. The van der Waals surface area contributed by atoms with Gasteiger partial charge in [-0.05, 0) is 24.8 Å². The van der Waals surface area contributed by atoms with Crippen molar-refractivity contribution in [2.75, 3.05) is 32.8 Å². The van der Waals surface area contributed by atoms with E-state index in [9.17, 15) is 9.59 Å². The number of hydrogen-bond donors (Lipinski definition) is 1. The molecule has 0 aliphatic carbocycles. The minimum Gasteiger partial charge on any atom is -0.379 e. The van der Waals surface area contributed by atoms with Gasteiger partial charge in [-0.1, -0.05) is 13.8 Å². The van der Waals surface area contributed by atoms with Crippen LogP contribution in [0.2, 0.25) is 0 Å². The molecule has 1 aliphatic heterocycles. The van der Waals surface area contributed by atoms with Gasteiger partial charge in [-0.25, -0.2) is 4.98 Å². The Hall–Kier alpha value is -1.77. The summed E-state index contributed by atoms with van der Waals surface area (Å²) >= 11 is 1.29. The number of aryl methyl sites for hydroxylation is 2. The number of rotatable bonds is 6. The normalized spacial score (nSPS) is 16.8. The van der Waals surface area contributed by atoms with Gasteiger partial charge >= 0.3 is 0 Å². The Bertz CT molecular complexity index is 868. The van der Waals surface area contributed by atoms with Crippen LogP contribution < -0.4 is 10.9 Å². The van der Waals surface area contributed by atoms with Gasteiger partial charge < -0.3 is 14.6 Å². The average Bonchev–Trinajstić information content (AvgIpc) is 2.99. The smallest absolute Gasteiger partial charge is 0.262 e. The van der Waals surface area contributed by atoms with Gasteiger partial charge in [0.2, 0.25) is 0 Å². The molecule has 1 N–H and O–H groups in total. The molecule has 3 rings (SSSR count). The molecule has 1 amide bonds. The standard InChI is InChI=1S/C19H28N4O3S/c1-12(2)9-14(23-5-7-26-8-6-23)10-20-17(24)16-13(3)15-18(27-16)21-11-22(4)19(15)25/h11-12,14H,5-10H2,1-4H3,(H,20,24). The topological polar surface area (TPSA) is 76.5 Å². The van der Waals surface area contributed by atoms with Crippen LogP contribution >= 0.6 is 11.3 Å². The molecule has 3 heterocycles. The van der Waals surface area contributed by atoms with Crippen molar-refractivity contribution >= 4 is 27.5 Å². The van der Waals surface area contributed by atoms with Crippen molar-refractivity contribution in [2.24, 2.45) is 13.0 Å². The first kappa shape index (κ1) is 20.0.